The van der Waals surface area contributed by atoms with E-state index < -0.39 is 0 Å². The topological polar surface area (TPSA) is 55.1 Å². The summed E-state index contributed by atoms with van der Waals surface area (Å²) in [5, 5.41) is 4.16. The maximum Gasteiger partial charge on any atom is 0.137 e. The van der Waals surface area contributed by atoms with Gasteiger partial charge in [0.2, 0.25) is 0 Å². The monoisotopic (exact) mass is 355 g/mol. The van der Waals surface area contributed by atoms with Crippen molar-refractivity contribution >= 4 is 17.2 Å². The van der Waals surface area contributed by atoms with Gasteiger partial charge in [-0.25, -0.2) is 15.0 Å². The van der Waals surface area contributed by atoms with E-state index in [1.807, 2.05) is 35.9 Å². The Morgan fingerprint density at radius 3 is 3.08 bits per heavy atom. The summed E-state index contributed by atoms with van der Waals surface area (Å²) in [6.45, 7) is 4.19. The average Bonchev–Trinajstić information content (AvgIpc) is 2.82. The molecule has 0 unspecified atom stereocenters. The van der Waals surface area contributed by atoms with Crippen LogP contribution in [0.3, 0.4) is 0 Å². The van der Waals surface area contributed by atoms with Crippen molar-refractivity contribution in [3.8, 4) is 11.4 Å². The van der Waals surface area contributed by atoms with E-state index in [0.717, 1.165) is 48.1 Å². The molecule has 4 heterocycles. The number of imidazole rings is 1. The summed E-state index contributed by atoms with van der Waals surface area (Å²) in [6.07, 6.45) is 8.46. The van der Waals surface area contributed by atoms with Crippen LogP contribution >= 0.6 is 11.6 Å². The standard InChI is InChI=1S/C19H22ClN5/c1-13-23-16(9-14-3-2-7-21-8-6-14)10-17(24-13)18-11-22-19-5-4-15(20)12-25(18)19/h4-5,10-12,14,21H,2-3,6-9H2,1H3/t14-/m1/s1. The zero-order valence-electron chi connectivity index (χ0n) is 14.4. The van der Waals surface area contributed by atoms with Crippen LogP contribution < -0.4 is 5.32 Å². The van der Waals surface area contributed by atoms with E-state index >= 15 is 0 Å². The van der Waals surface area contributed by atoms with E-state index in [0.29, 0.717) is 10.9 Å². The Balaban J connectivity index is 1.67. The zero-order valence-corrected chi connectivity index (χ0v) is 15.1. The van der Waals surface area contributed by atoms with E-state index in [2.05, 4.69) is 26.3 Å². The highest BCUT2D eigenvalue weighted by molar-refractivity contribution is 6.30. The first-order valence-electron chi connectivity index (χ1n) is 8.87. The minimum Gasteiger partial charge on any atom is -0.317 e. The van der Waals surface area contributed by atoms with Crippen molar-refractivity contribution < 1.29 is 0 Å². The van der Waals surface area contributed by atoms with Crippen LogP contribution in [-0.4, -0.2) is 32.4 Å². The molecule has 1 fully saturated rings. The zero-order chi connectivity index (χ0) is 17.2. The highest BCUT2D eigenvalue weighted by Gasteiger charge is 2.16. The molecule has 5 nitrogen and oxygen atoms in total. The van der Waals surface area contributed by atoms with Gasteiger partial charge in [0.1, 0.15) is 11.5 Å². The Bertz CT molecular complexity index is 881. The van der Waals surface area contributed by atoms with Gasteiger partial charge >= 0.3 is 0 Å². The van der Waals surface area contributed by atoms with Crippen molar-refractivity contribution in [2.75, 3.05) is 13.1 Å². The lowest BCUT2D eigenvalue weighted by atomic mass is 9.95. The Labute approximate surface area is 152 Å². The molecule has 0 aromatic carbocycles. The molecular weight excluding hydrogens is 334 g/mol. The lowest BCUT2D eigenvalue weighted by Gasteiger charge is -2.14. The van der Waals surface area contributed by atoms with E-state index in [-0.39, 0.29) is 0 Å². The maximum absolute atomic E-state index is 6.15. The van der Waals surface area contributed by atoms with Crippen LogP contribution in [0.15, 0.2) is 30.6 Å². The van der Waals surface area contributed by atoms with E-state index in [1.54, 1.807) is 0 Å². The Morgan fingerprint density at radius 1 is 1.24 bits per heavy atom. The molecule has 0 bridgehead atoms. The fourth-order valence-corrected chi connectivity index (χ4v) is 3.76. The molecule has 1 aliphatic heterocycles. The first-order valence-corrected chi connectivity index (χ1v) is 9.25. The predicted octanol–water partition coefficient (Wildman–Crippen LogP) is 3.69. The lowest BCUT2D eigenvalue weighted by molar-refractivity contribution is 0.464. The summed E-state index contributed by atoms with van der Waals surface area (Å²) in [5.74, 6) is 1.49. The fourth-order valence-electron chi connectivity index (χ4n) is 3.60. The molecule has 4 rings (SSSR count). The molecule has 3 aromatic rings. The number of hydrogen-bond acceptors (Lipinski definition) is 4. The summed E-state index contributed by atoms with van der Waals surface area (Å²) in [4.78, 5) is 13.8. The minimum atomic E-state index is 0.684. The van der Waals surface area contributed by atoms with Gasteiger partial charge in [0.25, 0.3) is 0 Å². The average molecular weight is 356 g/mol. The van der Waals surface area contributed by atoms with Gasteiger partial charge in [-0.2, -0.15) is 0 Å². The highest BCUT2D eigenvalue weighted by atomic mass is 35.5. The molecule has 1 aliphatic rings. The smallest absolute Gasteiger partial charge is 0.137 e. The van der Waals surface area contributed by atoms with Crippen LogP contribution in [0.25, 0.3) is 17.0 Å². The van der Waals surface area contributed by atoms with Crippen LogP contribution in [0.2, 0.25) is 5.02 Å². The molecule has 25 heavy (non-hydrogen) atoms. The second-order valence-electron chi connectivity index (χ2n) is 6.76. The van der Waals surface area contributed by atoms with Gasteiger partial charge in [0.15, 0.2) is 0 Å². The molecule has 0 spiro atoms. The van der Waals surface area contributed by atoms with Crippen molar-refractivity contribution in [2.24, 2.45) is 5.92 Å². The minimum absolute atomic E-state index is 0.684. The number of aromatic nitrogens is 4. The third kappa shape index (κ3) is 3.67. The molecule has 0 saturated carbocycles. The van der Waals surface area contributed by atoms with Crippen molar-refractivity contribution in [1.29, 1.82) is 0 Å². The van der Waals surface area contributed by atoms with Crippen molar-refractivity contribution in [3.63, 3.8) is 0 Å². The third-order valence-corrected chi connectivity index (χ3v) is 5.04. The molecule has 130 valence electrons. The molecule has 1 saturated heterocycles. The van der Waals surface area contributed by atoms with Crippen LogP contribution in [0.5, 0.6) is 0 Å². The number of hydrogen-bond donors (Lipinski definition) is 1. The quantitative estimate of drug-likeness (QED) is 0.778. The molecule has 1 atom stereocenters. The number of nitrogens with zero attached hydrogens (tertiary/aromatic N) is 4. The molecule has 6 heteroatoms. The highest BCUT2D eigenvalue weighted by Crippen LogP contribution is 2.24. The van der Waals surface area contributed by atoms with Crippen LogP contribution in [0.4, 0.5) is 0 Å². The maximum atomic E-state index is 6.15. The lowest BCUT2D eigenvalue weighted by Crippen LogP contribution is -2.14. The van der Waals surface area contributed by atoms with E-state index in [9.17, 15) is 0 Å². The number of nitrogens with one attached hydrogen (secondary N) is 1. The second kappa shape index (κ2) is 7.10. The summed E-state index contributed by atoms with van der Waals surface area (Å²) in [6, 6.07) is 5.87. The normalized spacial score (nSPS) is 18.4. The van der Waals surface area contributed by atoms with Gasteiger partial charge in [0, 0.05) is 11.9 Å². The Hall–Kier alpha value is -1.98. The predicted molar refractivity (Wildman–Crippen MR) is 99.9 cm³/mol. The van der Waals surface area contributed by atoms with Crippen LogP contribution in [0.1, 0.15) is 30.8 Å². The molecule has 0 aliphatic carbocycles. The molecular formula is C19H22ClN5. The molecule has 0 radical (unpaired) electrons. The fraction of sp³-hybridized carbons (Fsp3) is 0.421. The summed E-state index contributed by atoms with van der Waals surface area (Å²) >= 11 is 6.15. The van der Waals surface area contributed by atoms with Gasteiger partial charge < -0.3 is 5.32 Å². The molecule has 0 amide bonds. The summed E-state index contributed by atoms with van der Waals surface area (Å²) < 4.78 is 1.99. The van der Waals surface area contributed by atoms with Gasteiger partial charge in [-0.3, -0.25) is 4.40 Å². The van der Waals surface area contributed by atoms with E-state index in [4.69, 9.17) is 11.6 Å². The number of rotatable bonds is 3. The second-order valence-corrected chi connectivity index (χ2v) is 7.20. The first-order chi connectivity index (χ1) is 12.2. The van der Waals surface area contributed by atoms with Crippen LogP contribution in [0, 0.1) is 12.8 Å². The summed E-state index contributed by atoms with van der Waals surface area (Å²) in [7, 11) is 0. The SMILES string of the molecule is Cc1nc(C[C@@H]2CCCNCC2)cc(-c2cnc3ccc(Cl)cn23)n1. The van der Waals surface area contributed by atoms with Gasteiger partial charge in [-0.15, -0.1) is 0 Å². The third-order valence-electron chi connectivity index (χ3n) is 4.82. The van der Waals surface area contributed by atoms with Crippen molar-refractivity contribution in [3.05, 3.63) is 47.1 Å². The number of aryl methyl sites for hydroxylation is 1. The van der Waals surface area contributed by atoms with E-state index in [1.165, 1.54) is 19.3 Å². The largest absolute Gasteiger partial charge is 0.317 e. The number of fused-ring (bicyclic) bond motifs is 1. The van der Waals surface area contributed by atoms with Gasteiger partial charge in [-0.1, -0.05) is 11.6 Å². The summed E-state index contributed by atoms with van der Waals surface area (Å²) in [5.41, 5.74) is 3.84. The first kappa shape index (κ1) is 16.5. The van der Waals surface area contributed by atoms with Crippen molar-refractivity contribution in [2.45, 2.75) is 32.6 Å². The van der Waals surface area contributed by atoms with Crippen molar-refractivity contribution in [1.82, 2.24) is 24.7 Å². The number of pyridine rings is 1. The Morgan fingerprint density at radius 2 is 2.16 bits per heavy atom. The molecule has 1 N–H and O–H groups in total. The van der Waals surface area contributed by atoms with Gasteiger partial charge in [-0.05, 0) is 69.8 Å². The molecule has 3 aromatic heterocycles. The van der Waals surface area contributed by atoms with Gasteiger partial charge in [0.05, 0.1) is 22.6 Å². The van der Waals surface area contributed by atoms with Crippen LogP contribution in [-0.2, 0) is 6.42 Å². The Kier molecular flexibility index (Phi) is 4.68. The number of halogens is 1.